The molecule has 0 aromatic carbocycles. The highest BCUT2D eigenvalue weighted by Crippen LogP contribution is 2.31. The van der Waals surface area contributed by atoms with Crippen molar-refractivity contribution in [3.05, 3.63) is 34.1 Å². The molecular weight excluding hydrogens is 326 g/mol. The maximum Gasteiger partial charge on any atom is 0.254 e. The second kappa shape index (κ2) is 6.35. The molecule has 2 amide bonds. The lowest BCUT2D eigenvalue weighted by Crippen LogP contribution is -2.51. The Kier molecular flexibility index (Phi) is 4.40. The van der Waals surface area contributed by atoms with Crippen molar-refractivity contribution in [2.45, 2.75) is 38.8 Å². The van der Waals surface area contributed by atoms with Crippen LogP contribution in [0.2, 0.25) is 0 Å². The van der Waals surface area contributed by atoms with Gasteiger partial charge in [0.15, 0.2) is 0 Å². The zero-order valence-electron chi connectivity index (χ0n) is 14.2. The maximum atomic E-state index is 12.7. The summed E-state index contributed by atoms with van der Waals surface area (Å²) in [6, 6.07) is 1.51. The number of carbonyl (C=O) groups is 2. The molecule has 0 saturated carbocycles. The second-order valence-corrected chi connectivity index (χ2v) is 7.12. The van der Waals surface area contributed by atoms with Crippen molar-refractivity contribution in [2.24, 2.45) is 7.05 Å². The van der Waals surface area contributed by atoms with Crippen LogP contribution >= 0.6 is 11.5 Å². The van der Waals surface area contributed by atoms with Crippen molar-refractivity contribution in [3.8, 4) is 0 Å². The average molecular weight is 347 g/mol. The van der Waals surface area contributed by atoms with E-state index < -0.39 is 0 Å². The Balaban J connectivity index is 1.89. The average Bonchev–Trinajstić information content (AvgIpc) is 3.09. The van der Waals surface area contributed by atoms with Gasteiger partial charge >= 0.3 is 0 Å². The van der Waals surface area contributed by atoms with E-state index in [0.717, 1.165) is 16.3 Å². The quantitative estimate of drug-likeness (QED) is 0.914. The molecule has 1 N–H and O–H groups in total. The monoisotopic (exact) mass is 347 g/mol. The van der Waals surface area contributed by atoms with Crippen molar-refractivity contribution >= 4 is 23.3 Å². The molecule has 0 bridgehead atoms. The number of rotatable bonds is 3. The van der Waals surface area contributed by atoms with Crippen LogP contribution in [0.3, 0.4) is 0 Å². The van der Waals surface area contributed by atoms with Gasteiger partial charge < -0.3 is 10.2 Å². The van der Waals surface area contributed by atoms with Crippen LogP contribution in [0.15, 0.2) is 12.3 Å². The van der Waals surface area contributed by atoms with E-state index in [1.54, 1.807) is 22.8 Å². The van der Waals surface area contributed by atoms with Gasteiger partial charge in [0.2, 0.25) is 5.91 Å². The topological polar surface area (TPSA) is 80.1 Å². The molecule has 8 heteroatoms. The Morgan fingerprint density at radius 1 is 1.38 bits per heavy atom. The van der Waals surface area contributed by atoms with Gasteiger partial charge in [-0.25, -0.2) is 0 Å². The first-order valence-corrected chi connectivity index (χ1v) is 8.64. The van der Waals surface area contributed by atoms with Gasteiger partial charge in [0.25, 0.3) is 5.91 Å². The third-order valence-corrected chi connectivity index (χ3v) is 5.44. The third-order valence-electron chi connectivity index (χ3n) is 4.60. The Hall–Kier alpha value is -2.22. The predicted octanol–water partition coefficient (Wildman–Crippen LogP) is 1.59. The lowest BCUT2D eigenvalue weighted by atomic mass is 9.93. The molecule has 24 heavy (non-hydrogen) atoms. The van der Waals surface area contributed by atoms with E-state index in [9.17, 15) is 9.59 Å². The maximum absolute atomic E-state index is 12.7. The SMILES string of the molecule is Cc1nsc(C)c1C(=O)NC1CCC(=O)N(C)C1c1ccnn1C. The number of amides is 2. The first kappa shape index (κ1) is 16.6. The summed E-state index contributed by atoms with van der Waals surface area (Å²) in [6.45, 7) is 3.74. The number of likely N-dealkylation sites (N-methyl/N-ethyl adjacent to an activating group) is 1. The van der Waals surface area contributed by atoms with Gasteiger partial charge in [0, 0.05) is 31.6 Å². The van der Waals surface area contributed by atoms with E-state index in [1.807, 2.05) is 27.0 Å². The summed E-state index contributed by atoms with van der Waals surface area (Å²) in [5.41, 5.74) is 2.29. The van der Waals surface area contributed by atoms with Crippen LogP contribution in [0.4, 0.5) is 0 Å². The zero-order chi connectivity index (χ0) is 17.4. The minimum absolute atomic E-state index is 0.0799. The molecule has 1 aliphatic rings. The Labute approximate surface area is 144 Å². The number of carbonyl (C=O) groups excluding carboxylic acids is 2. The molecule has 7 nitrogen and oxygen atoms in total. The number of hydrogen-bond donors (Lipinski definition) is 1. The molecule has 0 spiro atoms. The van der Waals surface area contributed by atoms with Crippen LogP contribution in [0.25, 0.3) is 0 Å². The summed E-state index contributed by atoms with van der Waals surface area (Å²) in [5, 5.41) is 7.31. The van der Waals surface area contributed by atoms with Gasteiger partial charge in [-0.3, -0.25) is 14.3 Å². The molecule has 0 radical (unpaired) electrons. The summed E-state index contributed by atoms with van der Waals surface area (Å²) in [4.78, 5) is 27.5. The number of piperidine rings is 1. The fourth-order valence-corrected chi connectivity index (χ4v) is 4.01. The summed E-state index contributed by atoms with van der Waals surface area (Å²) in [5.74, 6) is -0.0464. The summed E-state index contributed by atoms with van der Waals surface area (Å²) >= 11 is 1.33. The first-order chi connectivity index (χ1) is 11.4. The highest BCUT2D eigenvalue weighted by molar-refractivity contribution is 7.06. The van der Waals surface area contributed by atoms with Gasteiger partial charge in [-0.15, -0.1) is 0 Å². The summed E-state index contributed by atoms with van der Waals surface area (Å²) in [7, 11) is 3.62. The van der Waals surface area contributed by atoms with Crippen LogP contribution in [-0.2, 0) is 11.8 Å². The minimum Gasteiger partial charge on any atom is -0.347 e. The zero-order valence-corrected chi connectivity index (χ0v) is 15.1. The van der Waals surface area contributed by atoms with Crippen LogP contribution in [-0.4, -0.2) is 44.0 Å². The van der Waals surface area contributed by atoms with E-state index in [4.69, 9.17) is 0 Å². The molecule has 2 atom stereocenters. The number of nitrogens with one attached hydrogen (secondary N) is 1. The van der Waals surface area contributed by atoms with Gasteiger partial charge in [-0.2, -0.15) is 9.47 Å². The lowest BCUT2D eigenvalue weighted by molar-refractivity contribution is -0.136. The molecule has 3 heterocycles. The fourth-order valence-electron chi connectivity index (χ4n) is 3.32. The normalized spacial score (nSPS) is 21.2. The number of aromatic nitrogens is 3. The second-order valence-electron chi connectivity index (χ2n) is 6.15. The van der Waals surface area contributed by atoms with E-state index in [0.29, 0.717) is 18.4 Å². The molecule has 2 aromatic rings. The summed E-state index contributed by atoms with van der Waals surface area (Å²) in [6.07, 6.45) is 2.74. The van der Waals surface area contributed by atoms with Crippen molar-refractivity contribution in [1.82, 2.24) is 24.4 Å². The van der Waals surface area contributed by atoms with E-state index in [-0.39, 0.29) is 23.9 Å². The largest absolute Gasteiger partial charge is 0.347 e. The van der Waals surface area contributed by atoms with Gasteiger partial charge in [-0.1, -0.05) is 0 Å². The van der Waals surface area contributed by atoms with Crippen LogP contribution in [0.1, 0.15) is 45.5 Å². The minimum atomic E-state index is -0.227. The first-order valence-electron chi connectivity index (χ1n) is 7.87. The molecule has 1 aliphatic heterocycles. The van der Waals surface area contributed by atoms with E-state index in [2.05, 4.69) is 14.8 Å². The number of likely N-dealkylation sites (tertiary alicyclic amines) is 1. The number of aryl methyl sites for hydroxylation is 3. The number of nitrogens with zero attached hydrogens (tertiary/aromatic N) is 4. The van der Waals surface area contributed by atoms with Crippen molar-refractivity contribution in [2.75, 3.05) is 7.05 Å². The van der Waals surface area contributed by atoms with Gasteiger partial charge in [0.1, 0.15) is 0 Å². The molecule has 1 saturated heterocycles. The number of hydrogen-bond acceptors (Lipinski definition) is 5. The predicted molar refractivity (Wildman–Crippen MR) is 90.8 cm³/mol. The molecule has 0 aliphatic carbocycles. The van der Waals surface area contributed by atoms with E-state index in [1.165, 1.54) is 11.5 Å². The molecule has 3 rings (SSSR count). The van der Waals surface area contributed by atoms with Crippen molar-refractivity contribution < 1.29 is 9.59 Å². The lowest BCUT2D eigenvalue weighted by Gasteiger charge is -2.39. The van der Waals surface area contributed by atoms with Crippen molar-refractivity contribution in [1.29, 1.82) is 0 Å². The standard InChI is InChI=1S/C16H21N5O2S/c1-9-14(10(2)24-19-9)16(23)18-11-5-6-13(22)20(3)15(11)12-7-8-17-21(12)4/h7-8,11,15H,5-6H2,1-4H3,(H,18,23). The highest BCUT2D eigenvalue weighted by Gasteiger charge is 2.37. The van der Waals surface area contributed by atoms with Crippen molar-refractivity contribution in [3.63, 3.8) is 0 Å². The Morgan fingerprint density at radius 3 is 2.71 bits per heavy atom. The smallest absolute Gasteiger partial charge is 0.254 e. The van der Waals surface area contributed by atoms with E-state index >= 15 is 0 Å². The Bertz CT molecular complexity index is 762. The molecule has 1 fully saturated rings. The third kappa shape index (κ3) is 2.82. The van der Waals surface area contributed by atoms with Crippen LogP contribution in [0.5, 0.6) is 0 Å². The molecular formula is C16H21N5O2S. The van der Waals surface area contributed by atoms with Gasteiger partial charge in [0.05, 0.1) is 29.0 Å². The Morgan fingerprint density at radius 2 is 2.12 bits per heavy atom. The summed E-state index contributed by atoms with van der Waals surface area (Å²) < 4.78 is 5.99. The fraction of sp³-hybridized carbons (Fsp3) is 0.500. The molecule has 2 aromatic heterocycles. The van der Waals surface area contributed by atoms with Gasteiger partial charge in [-0.05, 0) is 37.9 Å². The molecule has 2 unspecified atom stereocenters. The van der Waals surface area contributed by atoms with Crippen LogP contribution in [0, 0.1) is 13.8 Å². The van der Waals surface area contributed by atoms with Crippen LogP contribution < -0.4 is 5.32 Å². The highest BCUT2D eigenvalue weighted by atomic mass is 32.1. The molecule has 128 valence electrons.